The number of aryl methyl sites for hydroxylation is 1. The maximum absolute atomic E-state index is 12.3. The summed E-state index contributed by atoms with van der Waals surface area (Å²) in [5.74, 6) is 0. The van der Waals surface area contributed by atoms with Crippen LogP contribution in [-0.2, 0) is 10.0 Å². The van der Waals surface area contributed by atoms with E-state index in [0.717, 1.165) is 5.56 Å². The van der Waals surface area contributed by atoms with Crippen LogP contribution in [0.2, 0.25) is 0 Å². The molecule has 0 spiro atoms. The van der Waals surface area contributed by atoms with E-state index in [9.17, 15) is 8.42 Å². The number of rotatable bonds is 4. The summed E-state index contributed by atoms with van der Waals surface area (Å²) < 4.78 is 25.8. The van der Waals surface area contributed by atoms with E-state index in [0.29, 0.717) is 0 Å². The highest BCUT2D eigenvalue weighted by Crippen LogP contribution is 2.18. The SMILES string of the molecule is Cc1cccc(S(=O)(=O)N(CC#N)C(C)C)c1. The lowest BCUT2D eigenvalue weighted by atomic mass is 10.2. The van der Waals surface area contributed by atoms with Crippen LogP contribution in [0.3, 0.4) is 0 Å². The highest BCUT2D eigenvalue weighted by molar-refractivity contribution is 7.89. The number of nitriles is 1. The number of sulfonamides is 1. The predicted molar refractivity (Wildman–Crippen MR) is 65.8 cm³/mol. The van der Waals surface area contributed by atoms with Gasteiger partial charge in [-0.25, -0.2) is 8.42 Å². The molecule has 0 unspecified atom stereocenters. The van der Waals surface area contributed by atoms with E-state index in [1.165, 1.54) is 4.31 Å². The molecular weight excluding hydrogens is 236 g/mol. The first-order chi connectivity index (χ1) is 7.89. The maximum Gasteiger partial charge on any atom is 0.244 e. The molecule has 17 heavy (non-hydrogen) atoms. The molecule has 0 amide bonds. The Labute approximate surface area is 103 Å². The second kappa shape index (κ2) is 5.30. The Morgan fingerprint density at radius 3 is 2.53 bits per heavy atom. The zero-order chi connectivity index (χ0) is 13.1. The molecule has 0 atom stereocenters. The molecular formula is C12H16N2O2S. The lowest BCUT2D eigenvalue weighted by molar-refractivity contribution is 0.385. The van der Waals surface area contributed by atoms with Gasteiger partial charge >= 0.3 is 0 Å². The van der Waals surface area contributed by atoms with Crippen LogP contribution in [-0.4, -0.2) is 25.3 Å². The summed E-state index contributed by atoms with van der Waals surface area (Å²) in [6.07, 6.45) is 0. The van der Waals surface area contributed by atoms with Gasteiger partial charge < -0.3 is 0 Å². The Kier molecular flexibility index (Phi) is 4.27. The Morgan fingerprint density at radius 1 is 1.41 bits per heavy atom. The van der Waals surface area contributed by atoms with Gasteiger partial charge in [0.15, 0.2) is 0 Å². The molecule has 0 radical (unpaired) electrons. The minimum atomic E-state index is -3.57. The van der Waals surface area contributed by atoms with Crippen molar-refractivity contribution in [3.63, 3.8) is 0 Å². The highest BCUT2D eigenvalue weighted by Gasteiger charge is 2.26. The molecule has 0 saturated carbocycles. The number of hydrogen-bond donors (Lipinski definition) is 0. The minimum Gasteiger partial charge on any atom is -0.207 e. The molecule has 92 valence electrons. The van der Waals surface area contributed by atoms with Crippen LogP contribution in [0.25, 0.3) is 0 Å². The van der Waals surface area contributed by atoms with Crippen LogP contribution in [0, 0.1) is 18.3 Å². The van der Waals surface area contributed by atoms with Gasteiger partial charge in [-0.3, -0.25) is 0 Å². The first kappa shape index (κ1) is 13.7. The molecule has 1 aromatic carbocycles. The van der Waals surface area contributed by atoms with E-state index in [-0.39, 0.29) is 17.5 Å². The van der Waals surface area contributed by atoms with Crippen molar-refractivity contribution in [1.82, 2.24) is 4.31 Å². The summed E-state index contributed by atoms with van der Waals surface area (Å²) >= 11 is 0. The smallest absolute Gasteiger partial charge is 0.207 e. The Morgan fingerprint density at radius 2 is 2.06 bits per heavy atom. The molecule has 0 saturated heterocycles. The van der Waals surface area contributed by atoms with Crippen molar-refractivity contribution >= 4 is 10.0 Å². The van der Waals surface area contributed by atoms with Crippen LogP contribution < -0.4 is 0 Å². The third-order valence-corrected chi connectivity index (χ3v) is 4.42. The molecule has 0 aliphatic carbocycles. The van der Waals surface area contributed by atoms with E-state index in [1.54, 1.807) is 32.0 Å². The van der Waals surface area contributed by atoms with E-state index >= 15 is 0 Å². The Bertz CT molecular complexity index is 530. The quantitative estimate of drug-likeness (QED) is 0.769. The first-order valence-corrected chi connectivity index (χ1v) is 6.79. The minimum absolute atomic E-state index is 0.131. The number of benzene rings is 1. The summed E-state index contributed by atoms with van der Waals surface area (Å²) in [4.78, 5) is 0.237. The van der Waals surface area contributed by atoms with Crippen LogP contribution in [0.1, 0.15) is 19.4 Å². The van der Waals surface area contributed by atoms with Crippen LogP contribution in [0.4, 0.5) is 0 Å². The van der Waals surface area contributed by atoms with Gasteiger partial charge in [0, 0.05) is 6.04 Å². The molecule has 4 nitrogen and oxygen atoms in total. The summed E-state index contributed by atoms with van der Waals surface area (Å²) in [7, 11) is -3.57. The van der Waals surface area contributed by atoms with Crippen LogP contribution in [0.15, 0.2) is 29.2 Å². The van der Waals surface area contributed by atoms with Crippen molar-refractivity contribution in [3.8, 4) is 6.07 Å². The third-order valence-electron chi connectivity index (χ3n) is 2.40. The van der Waals surface area contributed by atoms with Crippen molar-refractivity contribution in [1.29, 1.82) is 5.26 Å². The van der Waals surface area contributed by atoms with E-state index in [2.05, 4.69) is 0 Å². The molecule has 0 bridgehead atoms. The lowest BCUT2D eigenvalue weighted by Gasteiger charge is -2.23. The summed E-state index contributed by atoms with van der Waals surface area (Å²) in [6, 6.07) is 8.35. The molecule has 0 heterocycles. The topological polar surface area (TPSA) is 61.2 Å². The number of nitrogens with zero attached hydrogens (tertiary/aromatic N) is 2. The van der Waals surface area contributed by atoms with Gasteiger partial charge in [0.05, 0.1) is 11.0 Å². The fourth-order valence-electron chi connectivity index (χ4n) is 1.53. The van der Waals surface area contributed by atoms with Gasteiger partial charge in [-0.1, -0.05) is 12.1 Å². The van der Waals surface area contributed by atoms with Crippen molar-refractivity contribution < 1.29 is 8.42 Å². The maximum atomic E-state index is 12.3. The zero-order valence-corrected chi connectivity index (χ0v) is 11.0. The van der Waals surface area contributed by atoms with Crippen LogP contribution >= 0.6 is 0 Å². The molecule has 1 rings (SSSR count). The average molecular weight is 252 g/mol. The highest BCUT2D eigenvalue weighted by atomic mass is 32.2. The van der Waals surface area contributed by atoms with Gasteiger partial charge in [-0.05, 0) is 38.5 Å². The monoisotopic (exact) mass is 252 g/mol. The molecule has 1 aromatic rings. The van der Waals surface area contributed by atoms with Gasteiger partial charge in [-0.2, -0.15) is 9.57 Å². The zero-order valence-electron chi connectivity index (χ0n) is 10.2. The Hall–Kier alpha value is -1.38. The van der Waals surface area contributed by atoms with Gasteiger partial charge in [0.25, 0.3) is 0 Å². The standard InChI is InChI=1S/C12H16N2O2S/c1-10(2)14(8-7-13)17(15,16)12-6-4-5-11(3)9-12/h4-6,9-10H,8H2,1-3H3. The van der Waals surface area contributed by atoms with E-state index in [1.807, 2.05) is 19.1 Å². The second-order valence-corrected chi connectivity index (χ2v) is 6.01. The van der Waals surface area contributed by atoms with Crippen LogP contribution in [0.5, 0.6) is 0 Å². The lowest BCUT2D eigenvalue weighted by Crippen LogP contribution is -2.37. The Balaban J connectivity index is 3.22. The molecule has 0 fully saturated rings. The van der Waals surface area contributed by atoms with Gasteiger partial charge in [-0.15, -0.1) is 0 Å². The third kappa shape index (κ3) is 3.05. The van der Waals surface area contributed by atoms with Gasteiger partial charge in [0.1, 0.15) is 6.54 Å². The summed E-state index contributed by atoms with van der Waals surface area (Å²) in [5, 5.41) is 8.69. The van der Waals surface area contributed by atoms with Crippen molar-refractivity contribution in [2.75, 3.05) is 6.54 Å². The first-order valence-electron chi connectivity index (χ1n) is 5.35. The summed E-state index contributed by atoms with van der Waals surface area (Å²) in [6.45, 7) is 5.21. The average Bonchev–Trinajstić information content (AvgIpc) is 2.25. The fourth-order valence-corrected chi connectivity index (χ4v) is 3.16. The molecule has 5 heteroatoms. The van der Waals surface area contributed by atoms with E-state index < -0.39 is 10.0 Å². The molecule has 0 N–H and O–H groups in total. The van der Waals surface area contributed by atoms with Crippen molar-refractivity contribution in [2.24, 2.45) is 0 Å². The second-order valence-electron chi connectivity index (χ2n) is 4.12. The predicted octanol–water partition coefficient (Wildman–Crippen LogP) is 1.92. The van der Waals surface area contributed by atoms with Crippen molar-refractivity contribution in [3.05, 3.63) is 29.8 Å². The molecule has 0 aliphatic heterocycles. The van der Waals surface area contributed by atoms with Gasteiger partial charge in [0.2, 0.25) is 10.0 Å². The molecule has 0 aliphatic rings. The van der Waals surface area contributed by atoms with Crippen molar-refractivity contribution in [2.45, 2.75) is 31.7 Å². The fraction of sp³-hybridized carbons (Fsp3) is 0.417. The van der Waals surface area contributed by atoms with E-state index in [4.69, 9.17) is 5.26 Å². The number of hydrogen-bond acceptors (Lipinski definition) is 3. The molecule has 0 aromatic heterocycles. The largest absolute Gasteiger partial charge is 0.244 e. The normalized spacial score (nSPS) is 11.8. The summed E-state index contributed by atoms with van der Waals surface area (Å²) in [5.41, 5.74) is 0.881.